The Bertz CT molecular complexity index is 598. The van der Waals surface area contributed by atoms with E-state index in [1.807, 2.05) is 30.3 Å². The second-order valence-electron chi connectivity index (χ2n) is 3.94. The fraction of sp³-hybridized carbons (Fsp3) is 0.154. The molecule has 6 heteroatoms. The minimum absolute atomic E-state index is 0.392. The van der Waals surface area contributed by atoms with Crippen LogP contribution in [-0.2, 0) is 6.42 Å². The summed E-state index contributed by atoms with van der Waals surface area (Å²) in [6.45, 7) is 0.814. The van der Waals surface area contributed by atoms with Crippen LogP contribution in [0.1, 0.15) is 10.4 Å². The number of halogens is 2. The molecule has 3 N–H and O–H groups in total. The van der Waals surface area contributed by atoms with E-state index in [1.165, 1.54) is 4.88 Å². The molecule has 0 unspecified atom stereocenters. The van der Waals surface area contributed by atoms with Crippen LogP contribution in [0.2, 0.25) is 4.34 Å². The molecule has 0 amide bonds. The van der Waals surface area contributed by atoms with Crippen molar-refractivity contribution in [3.63, 3.8) is 0 Å². The lowest BCUT2D eigenvalue weighted by atomic mass is 10.1. The van der Waals surface area contributed by atoms with Crippen molar-refractivity contribution in [3.05, 3.63) is 49.6 Å². The van der Waals surface area contributed by atoms with Gasteiger partial charge in [-0.25, -0.2) is 0 Å². The maximum Gasteiger partial charge on any atom is 0.106 e. The Hall–Kier alpha value is -0.620. The van der Waals surface area contributed by atoms with Gasteiger partial charge in [0.2, 0.25) is 0 Å². The van der Waals surface area contributed by atoms with Crippen molar-refractivity contribution in [2.75, 3.05) is 11.9 Å². The Balaban J connectivity index is 2.01. The van der Waals surface area contributed by atoms with Crippen molar-refractivity contribution >= 4 is 61.8 Å². The van der Waals surface area contributed by atoms with Gasteiger partial charge >= 0.3 is 0 Å². The van der Waals surface area contributed by atoms with E-state index in [-0.39, 0.29) is 0 Å². The van der Waals surface area contributed by atoms with Crippen LogP contribution >= 0.6 is 51.1 Å². The van der Waals surface area contributed by atoms with E-state index in [9.17, 15) is 0 Å². The predicted octanol–water partition coefficient (Wildman–Crippen LogP) is 4.45. The Morgan fingerprint density at radius 1 is 1.37 bits per heavy atom. The summed E-state index contributed by atoms with van der Waals surface area (Å²) in [5.74, 6) is 0. The van der Waals surface area contributed by atoms with Gasteiger partial charge in [-0.3, -0.25) is 0 Å². The molecule has 0 bridgehead atoms. The first-order valence-electron chi connectivity index (χ1n) is 5.63. The van der Waals surface area contributed by atoms with Crippen molar-refractivity contribution in [2.24, 2.45) is 5.73 Å². The summed E-state index contributed by atoms with van der Waals surface area (Å²) in [5, 5.41) is 3.35. The van der Waals surface area contributed by atoms with Gasteiger partial charge in [-0.2, -0.15) is 0 Å². The van der Waals surface area contributed by atoms with Gasteiger partial charge in [0.15, 0.2) is 0 Å². The molecule has 100 valence electrons. The van der Waals surface area contributed by atoms with Gasteiger partial charge in [0.25, 0.3) is 0 Å². The summed E-state index contributed by atoms with van der Waals surface area (Å²) in [7, 11) is 0. The predicted molar refractivity (Wildman–Crippen MR) is 91.6 cm³/mol. The number of thiophene rings is 1. The largest absolute Gasteiger partial charge is 0.389 e. The quantitative estimate of drug-likeness (QED) is 0.758. The zero-order valence-electron chi connectivity index (χ0n) is 9.95. The Kier molecular flexibility index (Phi) is 5.21. The Morgan fingerprint density at radius 2 is 2.16 bits per heavy atom. The van der Waals surface area contributed by atoms with Crippen molar-refractivity contribution in [2.45, 2.75) is 6.42 Å². The van der Waals surface area contributed by atoms with Gasteiger partial charge in [-0.15, -0.1) is 11.3 Å². The highest BCUT2D eigenvalue weighted by atomic mass is 79.9. The molecular formula is C13H12BrClN2S2. The second kappa shape index (κ2) is 6.70. The zero-order chi connectivity index (χ0) is 13.8. The molecule has 0 aliphatic rings. The molecule has 2 rings (SSSR count). The topological polar surface area (TPSA) is 38.0 Å². The number of rotatable bonds is 5. The maximum atomic E-state index is 5.90. The molecule has 19 heavy (non-hydrogen) atoms. The van der Waals surface area contributed by atoms with E-state index >= 15 is 0 Å². The molecule has 1 heterocycles. The maximum absolute atomic E-state index is 5.90. The number of nitrogens with two attached hydrogens (primary N) is 1. The van der Waals surface area contributed by atoms with E-state index in [0.717, 1.165) is 33.0 Å². The van der Waals surface area contributed by atoms with Gasteiger partial charge in [0.05, 0.1) is 4.34 Å². The average molecular weight is 376 g/mol. The molecule has 0 saturated heterocycles. The fourth-order valence-corrected chi connectivity index (χ4v) is 3.30. The molecular weight excluding hydrogens is 364 g/mol. The van der Waals surface area contributed by atoms with Gasteiger partial charge < -0.3 is 11.1 Å². The number of benzene rings is 1. The number of thiocarbonyl (C=S) groups is 1. The molecule has 0 atom stereocenters. The van der Waals surface area contributed by atoms with Crippen LogP contribution in [0, 0.1) is 0 Å². The van der Waals surface area contributed by atoms with E-state index in [2.05, 4.69) is 21.2 Å². The lowest BCUT2D eigenvalue weighted by Crippen LogP contribution is -2.14. The van der Waals surface area contributed by atoms with Crippen molar-refractivity contribution in [3.8, 4) is 0 Å². The highest BCUT2D eigenvalue weighted by molar-refractivity contribution is 9.10. The summed E-state index contributed by atoms with van der Waals surface area (Å²) in [4.78, 5) is 1.65. The highest BCUT2D eigenvalue weighted by Crippen LogP contribution is 2.23. The van der Waals surface area contributed by atoms with E-state index in [0.29, 0.717) is 4.99 Å². The van der Waals surface area contributed by atoms with Crippen LogP contribution in [0.25, 0.3) is 0 Å². The van der Waals surface area contributed by atoms with Crippen LogP contribution in [0.4, 0.5) is 5.69 Å². The number of hydrogen-bond donors (Lipinski definition) is 2. The summed E-state index contributed by atoms with van der Waals surface area (Å²) < 4.78 is 1.79. The summed E-state index contributed by atoms with van der Waals surface area (Å²) in [6.07, 6.45) is 0.921. The highest BCUT2D eigenvalue weighted by Gasteiger charge is 2.06. The molecule has 0 radical (unpaired) electrons. The normalized spacial score (nSPS) is 10.4. The average Bonchev–Trinajstić information content (AvgIpc) is 2.77. The van der Waals surface area contributed by atoms with E-state index in [4.69, 9.17) is 29.6 Å². The smallest absolute Gasteiger partial charge is 0.106 e. The number of anilines is 1. The molecule has 0 spiro atoms. The standard InChI is InChI=1S/C13H12BrClN2S2/c14-8-1-3-11(10(7-8)13(16)18)17-6-5-9-2-4-12(15)19-9/h1-4,7,17H,5-6H2,(H2,16,18). The molecule has 0 aliphatic carbocycles. The summed E-state index contributed by atoms with van der Waals surface area (Å²) in [5.41, 5.74) is 7.54. The van der Waals surface area contributed by atoms with Gasteiger partial charge in [0.1, 0.15) is 4.99 Å². The number of nitrogens with one attached hydrogen (secondary N) is 1. The van der Waals surface area contributed by atoms with Crippen molar-refractivity contribution in [1.29, 1.82) is 0 Å². The zero-order valence-corrected chi connectivity index (χ0v) is 13.9. The Morgan fingerprint density at radius 3 is 2.79 bits per heavy atom. The van der Waals surface area contributed by atoms with Gasteiger partial charge in [-0.05, 0) is 36.8 Å². The van der Waals surface area contributed by atoms with E-state index < -0.39 is 0 Å². The van der Waals surface area contributed by atoms with Crippen molar-refractivity contribution in [1.82, 2.24) is 0 Å². The van der Waals surface area contributed by atoms with Crippen LogP contribution < -0.4 is 11.1 Å². The monoisotopic (exact) mass is 374 g/mol. The van der Waals surface area contributed by atoms with Crippen LogP contribution in [0.5, 0.6) is 0 Å². The minimum atomic E-state index is 0.392. The van der Waals surface area contributed by atoms with Gasteiger partial charge in [-0.1, -0.05) is 39.7 Å². The third-order valence-electron chi connectivity index (χ3n) is 2.56. The first-order chi connectivity index (χ1) is 9.06. The van der Waals surface area contributed by atoms with Gasteiger partial charge in [0, 0.05) is 27.1 Å². The third-order valence-corrected chi connectivity index (χ3v) is 4.57. The Labute approximate surface area is 135 Å². The summed E-state index contributed by atoms with van der Waals surface area (Å²) >= 11 is 16.0. The number of hydrogen-bond acceptors (Lipinski definition) is 3. The lowest BCUT2D eigenvalue weighted by Gasteiger charge is -2.11. The SMILES string of the molecule is NC(=S)c1cc(Br)ccc1NCCc1ccc(Cl)s1. The van der Waals surface area contributed by atoms with E-state index in [1.54, 1.807) is 11.3 Å². The molecule has 0 fully saturated rings. The van der Waals surface area contributed by atoms with Crippen LogP contribution in [0.15, 0.2) is 34.8 Å². The first kappa shape index (κ1) is 14.8. The molecule has 1 aromatic heterocycles. The third kappa shape index (κ3) is 4.18. The minimum Gasteiger partial charge on any atom is -0.389 e. The molecule has 0 aliphatic heterocycles. The molecule has 2 aromatic rings. The molecule has 0 saturated carbocycles. The summed E-state index contributed by atoms with van der Waals surface area (Å²) in [6, 6.07) is 9.82. The molecule has 2 nitrogen and oxygen atoms in total. The second-order valence-corrected chi connectivity index (χ2v) is 7.09. The van der Waals surface area contributed by atoms with Crippen LogP contribution in [-0.4, -0.2) is 11.5 Å². The fourth-order valence-electron chi connectivity index (χ4n) is 1.68. The molecule has 1 aromatic carbocycles. The first-order valence-corrected chi connectivity index (χ1v) is 8.03. The lowest BCUT2D eigenvalue weighted by molar-refractivity contribution is 1.04. The van der Waals surface area contributed by atoms with Crippen LogP contribution in [0.3, 0.4) is 0 Å². The van der Waals surface area contributed by atoms with Crippen molar-refractivity contribution < 1.29 is 0 Å².